The van der Waals surface area contributed by atoms with E-state index in [0.717, 1.165) is 11.3 Å². The van der Waals surface area contributed by atoms with E-state index in [4.69, 9.17) is 5.11 Å². The zero-order valence-corrected chi connectivity index (χ0v) is 13.5. The molecule has 1 saturated carbocycles. The first-order valence-corrected chi connectivity index (χ1v) is 8.44. The van der Waals surface area contributed by atoms with E-state index in [0.29, 0.717) is 32.1 Å². The van der Waals surface area contributed by atoms with E-state index in [1.54, 1.807) is 0 Å². The van der Waals surface area contributed by atoms with Gasteiger partial charge in [0, 0.05) is 24.1 Å². The van der Waals surface area contributed by atoms with Crippen LogP contribution in [0.4, 0.5) is 5.69 Å². The van der Waals surface area contributed by atoms with Gasteiger partial charge in [-0.05, 0) is 43.7 Å². The number of hydrogen-bond acceptors (Lipinski definition) is 3. The van der Waals surface area contributed by atoms with Gasteiger partial charge in [-0.25, -0.2) is 0 Å². The van der Waals surface area contributed by atoms with Gasteiger partial charge in [-0.1, -0.05) is 18.2 Å². The number of rotatable bonds is 5. The Kier molecular flexibility index (Phi) is 4.83. The van der Waals surface area contributed by atoms with Crippen LogP contribution in [-0.4, -0.2) is 28.9 Å². The van der Waals surface area contributed by atoms with Gasteiger partial charge in [0.05, 0.1) is 5.92 Å². The van der Waals surface area contributed by atoms with Crippen LogP contribution in [0, 0.1) is 11.8 Å². The van der Waals surface area contributed by atoms with Gasteiger partial charge in [0.25, 0.3) is 0 Å². The van der Waals surface area contributed by atoms with Gasteiger partial charge in [0.1, 0.15) is 0 Å². The fraction of sp³-hybridized carbons (Fsp3) is 0.500. The number of carboxylic acid groups (broad SMARTS) is 1. The molecule has 1 unspecified atom stereocenters. The molecule has 0 spiro atoms. The third-order valence-electron chi connectivity index (χ3n) is 4.98. The number of nitrogens with one attached hydrogen (secondary N) is 2. The molecule has 2 amide bonds. The summed E-state index contributed by atoms with van der Waals surface area (Å²) in [6.45, 7) is 0. The Labute approximate surface area is 140 Å². The maximum atomic E-state index is 12.1. The summed E-state index contributed by atoms with van der Waals surface area (Å²) in [5.41, 5.74) is 1.96. The number of carbonyl (C=O) groups excluding carboxylic acids is 2. The first-order chi connectivity index (χ1) is 11.5. The summed E-state index contributed by atoms with van der Waals surface area (Å²) < 4.78 is 0. The van der Waals surface area contributed by atoms with Crippen LogP contribution in [0.15, 0.2) is 24.3 Å². The average molecular weight is 330 g/mol. The van der Waals surface area contributed by atoms with Gasteiger partial charge in [0.2, 0.25) is 11.8 Å². The summed E-state index contributed by atoms with van der Waals surface area (Å²) >= 11 is 0. The molecule has 3 rings (SSSR count). The van der Waals surface area contributed by atoms with Crippen molar-refractivity contribution in [3.05, 3.63) is 29.8 Å². The van der Waals surface area contributed by atoms with Gasteiger partial charge in [-0.15, -0.1) is 0 Å². The molecule has 0 bridgehead atoms. The maximum absolute atomic E-state index is 12.1. The summed E-state index contributed by atoms with van der Waals surface area (Å²) in [4.78, 5) is 35.1. The largest absolute Gasteiger partial charge is 0.481 e. The summed E-state index contributed by atoms with van der Waals surface area (Å²) in [7, 11) is 0. The molecule has 24 heavy (non-hydrogen) atoms. The minimum absolute atomic E-state index is 0.0340. The Balaban J connectivity index is 1.47. The topological polar surface area (TPSA) is 95.5 Å². The molecule has 1 aliphatic heterocycles. The van der Waals surface area contributed by atoms with E-state index >= 15 is 0 Å². The van der Waals surface area contributed by atoms with Crippen molar-refractivity contribution in [3.63, 3.8) is 0 Å². The van der Waals surface area contributed by atoms with Crippen molar-refractivity contribution in [1.29, 1.82) is 0 Å². The molecule has 3 N–H and O–H groups in total. The minimum Gasteiger partial charge on any atom is -0.481 e. The minimum atomic E-state index is -0.788. The first kappa shape index (κ1) is 16.5. The molecule has 1 heterocycles. The lowest BCUT2D eigenvalue weighted by atomic mass is 9.89. The first-order valence-electron chi connectivity index (χ1n) is 8.44. The molecule has 0 saturated heterocycles. The molecule has 6 nitrogen and oxygen atoms in total. The number of fused-ring (bicyclic) bond motifs is 1. The van der Waals surface area contributed by atoms with E-state index in [2.05, 4.69) is 10.6 Å². The number of amides is 2. The van der Waals surface area contributed by atoms with Crippen molar-refractivity contribution in [2.24, 2.45) is 11.8 Å². The highest BCUT2D eigenvalue weighted by molar-refractivity contribution is 5.96. The molecule has 0 radical (unpaired) electrons. The number of carbonyl (C=O) groups is 3. The standard InChI is InChI=1S/C18H22N2O4/c21-16(19-14-7-5-13(10-14)18(23)24)8-6-12-9-11-3-1-2-4-15(11)20-17(12)22/h1-4,12-14H,5-10H2,(H,19,21)(H,20,22)(H,23,24)/t12?,13-,14+/m1/s1. The predicted molar refractivity (Wildman–Crippen MR) is 88.4 cm³/mol. The third kappa shape index (κ3) is 3.75. The lowest BCUT2D eigenvalue weighted by Gasteiger charge is -2.24. The van der Waals surface area contributed by atoms with Crippen molar-refractivity contribution in [2.45, 2.75) is 44.6 Å². The van der Waals surface area contributed by atoms with Crippen LogP contribution in [-0.2, 0) is 20.8 Å². The third-order valence-corrected chi connectivity index (χ3v) is 4.98. The normalized spacial score (nSPS) is 25.7. The van der Waals surface area contributed by atoms with Crippen molar-refractivity contribution < 1.29 is 19.5 Å². The van der Waals surface area contributed by atoms with E-state index in [1.807, 2.05) is 24.3 Å². The van der Waals surface area contributed by atoms with Crippen LogP contribution >= 0.6 is 0 Å². The van der Waals surface area contributed by atoms with Crippen LogP contribution in [0.5, 0.6) is 0 Å². The Morgan fingerprint density at radius 2 is 2.04 bits per heavy atom. The van der Waals surface area contributed by atoms with Gasteiger partial charge < -0.3 is 15.7 Å². The molecule has 1 aliphatic carbocycles. The average Bonchev–Trinajstić information content (AvgIpc) is 3.01. The molecule has 2 aliphatic rings. The van der Waals surface area contributed by atoms with E-state index in [-0.39, 0.29) is 36.1 Å². The van der Waals surface area contributed by atoms with Gasteiger partial charge in [0.15, 0.2) is 0 Å². The number of anilines is 1. The Bertz CT molecular complexity index is 658. The molecule has 1 aromatic rings. The fourth-order valence-corrected chi connectivity index (χ4v) is 3.59. The molecule has 1 fully saturated rings. The van der Waals surface area contributed by atoms with Crippen LogP contribution in [0.2, 0.25) is 0 Å². The van der Waals surface area contributed by atoms with E-state index in [1.165, 1.54) is 0 Å². The van der Waals surface area contributed by atoms with Gasteiger partial charge in [-0.2, -0.15) is 0 Å². The summed E-state index contributed by atoms with van der Waals surface area (Å²) in [6.07, 6.45) is 3.26. The second-order valence-corrected chi connectivity index (χ2v) is 6.70. The lowest BCUT2D eigenvalue weighted by molar-refractivity contribution is -0.141. The Morgan fingerprint density at radius 3 is 2.79 bits per heavy atom. The summed E-state index contributed by atoms with van der Waals surface area (Å²) in [5.74, 6) is -1.47. The highest BCUT2D eigenvalue weighted by Gasteiger charge is 2.31. The zero-order valence-electron chi connectivity index (χ0n) is 13.5. The fourth-order valence-electron chi connectivity index (χ4n) is 3.59. The quantitative estimate of drug-likeness (QED) is 0.769. The highest BCUT2D eigenvalue weighted by Crippen LogP contribution is 2.28. The lowest BCUT2D eigenvalue weighted by Crippen LogP contribution is -2.35. The van der Waals surface area contributed by atoms with Crippen molar-refractivity contribution >= 4 is 23.5 Å². The van der Waals surface area contributed by atoms with Crippen molar-refractivity contribution in [2.75, 3.05) is 5.32 Å². The number of carboxylic acids is 1. The maximum Gasteiger partial charge on any atom is 0.306 e. The number of aliphatic carboxylic acids is 1. The molecule has 1 aromatic carbocycles. The number of benzene rings is 1. The Morgan fingerprint density at radius 1 is 1.25 bits per heavy atom. The SMILES string of the molecule is O=C(CCC1Cc2ccccc2NC1=O)N[C@H]1CC[C@@H](C(=O)O)C1. The van der Waals surface area contributed by atoms with Crippen molar-refractivity contribution in [1.82, 2.24) is 5.32 Å². The second kappa shape index (κ2) is 7.03. The molecule has 6 heteroatoms. The van der Waals surface area contributed by atoms with Crippen molar-refractivity contribution in [3.8, 4) is 0 Å². The zero-order chi connectivity index (χ0) is 17.1. The van der Waals surface area contributed by atoms with Crippen LogP contribution < -0.4 is 10.6 Å². The van der Waals surface area contributed by atoms with E-state index < -0.39 is 5.97 Å². The number of hydrogen-bond donors (Lipinski definition) is 3. The predicted octanol–water partition coefficient (Wildman–Crippen LogP) is 1.95. The van der Waals surface area contributed by atoms with E-state index in [9.17, 15) is 14.4 Å². The Hall–Kier alpha value is -2.37. The van der Waals surface area contributed by atoms with Crippen LogP contribution in [0.25, 0.3) is 0 Å². The van der Waals surface area contributed by atoms with Crippen LogP contribution in [0.1, 0.15) is 37.7 Å². The molecular formula is C18H22N2O4. The second-order valence-electron chi connectivity index (χ2n) is 6.70. The molecule has 128 valence electrons. The smallest absolute Gasteiger partial charge is 0.306 e. The molecule has 3 atom stereocenters. The monoisotopic (exact) mass is 330 g/mol. The van der Waals surface area contributed by atoms with Gasteiger partial charge >= 0.3 is 5.97 Å². The molecule has 0 aromatic heterocycles. The highest BCUT2D eigenvalue weighted by atomic mass is 16.4. The van der Waals surface area contributed by atoms with Gasteiger partial charge in [-0.3, -0.25) is 14.4 Å². The number of para-hydroxylation sites is 1. The summed E-state index contributed by atoms with van der Waals surface area (Å²) in [6, 6.07) is 7.65. The van der Waals surface area contributed by atoms with Crippen LogP contribution in [0.3, 0.4) is 0 Å². The summed E-state index contributed by atoms with van der Waals surface area (Å²) in [5, 5.41) is 14.8. The molecular weight excluding hydrogens is 308 g/mol.